The Morgan fingerprint density at radius 2 is 1.36 bits per heavy atom. The van der Waals surface area contributed by atoms with Crippen LogP contribution in [0.25, 0.3) is 33.0 Å². The Hall–Kier alpha value is -3.59. The molecule has 0 atom stereocenters. The number of carbonyl (C=O) groups is 1. The number of phenolic OH excluding ortho intramolecular Hbond substituents is 1. The maximum atomic E-state index is 12.7. The molecule has 0 saturated heterocycles. The van der Waals surface area contributed by atoms with Gasteiger partial charge in [0, 0.05) is 10.9 Å². The van der Waals surface area contributed by atoms with Crippen molar-refractivity contribution in [2.24, 2.45) is 0 Å². The first-order valence-electron chi connectivity index (χ1n) is 9.10. The molecule has 4 aromatic rings. The second kappa shape index (κ2) is 7.20. The van der Waals surface area contributed by atoms with Crippen LogP contribution in [-0.2, 0) is 4.74 Å². The molecule has 28 heavy (non-hydrogen) atoms. The van der Waals surface area contributed by atoms with Gasteiger partial charge in [-0.25, -0.2) is 4.79 Å². The number of benzene rings is 4. The number of aromatic hydroxyl groups is 1. The van der Waals surface area contributed by atoms with Crippen LogP contribution in [0, 0.1) is 6.92 Å². The minimum absolute atomic E-state index is 0.0552. The smallest absolute Gasteiger partial charge is 0.342 e. The van der Waals surface area contributed by atoms with Crippen LogP contribution in [0.2, 0.25) is 0 Å². The molecular formula is C25H20O3. The van der Waals surface area contributed by atoms with E-state index in [1.165, 1.54) is 7.11 Å². The second-order valence-corrected chi connectivity index (χ2v) is 6.75. The van der Waals surface area contributed by atoms with Crippen LogP contribution in [0.3, 0.4) is 0 Å². The maximum absolute atomic E-state index is 12.7. The minimum Gasteiger partial charge on any atom is -0.506 e. The van der Waals surface area contributed by atoms with Gasteiger partial charge in [-0.2, -0.15) is 0 Å². The number of aryl methyl sites for hydroxylation is 1. The quantitative estimate of drug-likeness (QED) is 0.453. The molecule has 1 N–H and O–H groups in total. The number of hydrogen-bond acceptors (Lipinski definition) is 3. The fourth-order valence-electron chi connectivity index (χ4n) is 3.68. The maximum Gasteiger partial charge on any atom is 0.342 e. The molecular weight excluding hydrogens is 348 g/mol. The van der Waals surface area contributed by atoms with Crippen molar-refractivity contribution < 1.29 is 14.6 Å². The zero-order valence-electron chi connectivity index (χ0n) is 15.8. The third-order valence-electron chi connectivity index (χ3n) is 4.95. The van der Waals surface area contributed by atoms with E-state index < -0.39 is 5.97 Å². The Morgan fingerprint density at radius 1 is 0.786 bits per heavy atom. The molecule has 0 fully saturated rings. The Morgan fingerprint density at radius 3 is 1.93 bits per heavy atom. The molecule has 0 radical (unpaired) electrons. The highest BCUT2D eigenvalue weighted by molar-refractivity contribution is 6.16. The fourth-order valence-corrected chi connectivity index (χ4v) is 3.68. The van der Waals surface area contributed by atoms with E-state index in [1.807, 2.05) is 85.8 Å². The summed E-state index contributed by atoms with van der Waals surface area (Å²) in [6, 6.07) is 25.4. The molecule has 0 saturated carbocycles. The van der Waals surface area contributed by atoms with Gasteiger partial charge in [0.2, 0.25) is 0 Å². The minimum atomic E-state index is -0.559. The highest BCUT2D eigenvalue weighted by Gasteiger charge is 2.26. The molecule has 138 valence electrons. The zero-order chi connectivity index (χ0) is 19.7. The molecule has 0 aliphatic carbocycles. The lowest BCUT2D eigenvalue weighted by Crippen LogP contribution is -2.06. The molecule has 4 aromatic carbocycles. The molecule has 4 rings (SSSR count). The van der Waals surface area contributed by atoms with E-state index in [0.717, 1.165) is 27.6 Å². The van der Waals surface area contributed by atoms with Gasteiger partial charge in [0.05, 0.1) is 7.11 Å². The van der Waals surface area contributed by atoms with Crippen LogP contribution in [0.15, 0.2) is 78.9 Å². The molecule has 0 aliphatic rings. The highest BCUT2D eigenvalue weighted by Crippen LogP contribution is 2.46. The van der Waals surface area contributed by atoms with E-state index in [9.17, 15) is 9.90 Å². The lowest BCUT2D eigenvalue weighted by Gasteiger charge is -2.20. The Labute approximate surface area is 163 Å². The Kier molecular flexibility index (Phi) is 4.58. The zero-order valence-corrected chi connectivity index (χ0v) is 15.8. The Bertz CT molecular complexity index is 1160. The molecule has 0 heterocycles. The monoisotopic (exact) mass is 368 g/mol. The van der Waals surface area contributed by atoms with Gasteiger partial charge in [-0.05, 0) is 29.0 Å². The lowest BCUT2D eigenvalue weighted by molar-refractivity contribution is 0.0598. The van der Waals surface area contributed by atoms with Gasteiger partial charge in [0.15, 0.2) is 0 Å². The predicted molar refractivity (Wildman–Crippen MR) is 113 cm³/mol. The average Bonchev–Trinajstić information content (AvgIpc) is 2.74. The molecule has 3 heteroatoms. The van der Waals surface area contributed by atoms with Crippen molar-refractivity contribution in [3.05, 3.63) is 90.0 Å². The van der Waals surface area contributed by atoms with E-state index >= 15 is 0 Å². The van der Waals surface area contributed by atoms with E-state index in [2.05, 4.69) is 0 Å². The van der Waals surface area contributed by atoms with Crippen molar-refractivity contribution in [2.45, 2.75) is 6.92 Å². The molecule has 0 amide bonds. The molecule has 0 aliphatic heterocycles. The third kappa shape index (κ3) is 2.91. The van der Waals surface area contributed by atoms with Crippen LogP contribution >= 0.6 is 0 Å². The normalized spacial score (nSPS) is 10.8. The molecule has 0 spiro atoms. The van der Waals surface area contributed by atoms with Crippen LogP contribution in [-0.4, -0.2) is 18.2 Å². The number of phenols is 1. The fraction of sp³-hybridized carbons (Fsp3) is 0.0800. The first-order valence-corrected chi connectivity index (χ1v) is 9.10. The summed E-state index contributed by atoms with van der Waals surface area (Å²) in [5.41, 5.74) is 4.67. The Balaban J connectivity index is 2.27. The van der Waals surface area contributed by atoms with Gasteiger partial charge in [-0.15, -0.1) is 0 Å². The van der Waals surface area contributed by atoms with Gasteiger partial charge in [0.1, 0.15) is 11.3 Å². The number of carbonyl (C=O) groups excluding carboxylic acids is 1. The topological polar surface area (TPSA) is 46.5 Å². The van der Waals surface area contributed by atoms with Crippen molar-refractivity contribution in [1.82, 2.24) is 0 Å². The second-order valence-electron chi connectivity index (χ2n) is 6.75. The number of methoxy groups -OCH3 is 1. The van der Waals surface area contributed by atoms with E-state index in [4.69, 9.17) is 4.74 Å². The summed E-state index contributed by atoms with van der Waals surface area (Å²) in [6.45, 7) is 2.02. The summed E-state index contributed by atoms with van der Waals surface area (Å²) in [5.74, 6) is -0.614. The number of hydrogen-bond donors (Lipinski definition) is 1. The SMILES string of the molecule is COC(=O)c1c(-c2ccccc2)c(-c2ccccc2)c2cc(C)ccc2c1O. The van der Waals surface area contributed by atoms with Gasteiger partial charge in [-0.1, -0.05) is 84.4 Å². The van der Waals surface area contributed by atoms with Crippen molar-refractivity contribution in [1.29, 1.82) is 0 Å². The summed E-state index contributed by atoms with van der Waals surface area (Å²) in [6.07, 6.45) is 0. The van der Waals surface area contributed by atoms with Crippen molar-refractivity contribution in [3.63, 3.8) is 0 Å². The summed E-state index contributed by atoms with van der Waals surface area (Å²) in [5, 5.41) is 12.6. The van der Waals surface area contributed by atoms with E-state index in [-0.39, 0.29) is 11.3 Å². The third-order valence-corrected chi connectivity index (χ3v) is 4.95. The highest BCUT2D eigenvalue weighted by atomic mass is 16.5. The predicted octanol–water partition coefficient (Wildman–Crippen LogP) is 5.97. The van der Waals surface area contributed by atoms with E-state index in [0.29, 0.717) is 10.9 Å². The van der Waals surface area contributed by atoms with Crippen LogP contribution in [0.5, 0.6) is 5.75 Å². The van der Waals surface area contributed by atoms with Crippen LogP contribution in [0.4, 0.5) is 0 Å². The first kappa shape index (κ1) is 17.8. The van der Waals surface area contributed by atoms with Crippen molar-refractivity contribution in [3.8, 4) is 28.0 Å². The van der Waals surface area contributed by atoms with Crippen molar-refractivity contribution in [2.75, 3.05) is 7.11 Å². The lowest BCUT2D eigenvalue weighted by atomic mass is 9.85. The number of esters is 1. The summed E-state index contributed by atoms with van der Waals surface area (Å²) in [4.78, 5) is 12.7. The number of fused-ring (bicyclic) bond motifs is 1. The van der Waals surface area contributed by atoms with Gasteiger partial charge in [0.25, 0.3) is 0 Å². The largest absolute Gasteiger partial charge is 0.506 e. The summed E-state index contributed by atoms with van der Waals surface area (Å²) >= 11 is 0. The summed E-state index contributed by atoms with van der Waals surface area (Å²) < 4.78 is 5.04. The molecule has 0 aromatic heterocycles. The summed E-state index contributed by atoms with van der Waals surface area (Å²) in [7, 11) is 1.33. The molecule has 3 nitrogen and oxygen atoms in total. The first-order chi connectivity index (χ1) is 13.6. The van der Waals surface area contributed by atoms with Crippen molar-refractivity contribution >= 4 is 16.7 Å². The molecule has 0 unspecified atom stereocenters. The molecule has 0 bridgehead atoms. The number of rotatable bonds is 3. The van der Waals surface area contributed by atoms with Crippen LogP contribution in [0.1, 0.15) is 15.9 Å². The van der Waals surface area contributed by atoms with Gasteiger partial charge < -0.3 is 9.84 Å². The number of ether oxygens (including phenoxy) is 1. The van der Waals surface area contributed by atoms with Gasteiger partial charge >= 0.3 is 5.97 Å². The van der Waals surface area contributed by atoms with Crippen LogP contribution < -0.4 is 0 Å². The standard InChI is InChI=1S/C25H20O3/c1-16-13-14-19-20(15-16)21(17-9-5-3-6-10-17)22(18-11-7-4-8-12-18)23(24(19)26)25(27)28-2/h3-15,26H,1-2H3. The van der Waals surface area contributed by atoms with Gasteiger partial charge in [-0.3, -0.25) is 0 Å². The van der Waals surface area contributed by atoms with E-state index in [1.54, 1.807) is 0 Å². The average molecular weight is 368 g/mol.